The van der Waals surface area contributed by atoms with Gasteiger partial charge in [0.25, 0.3) is 0 Å². The van der Waals surface area contributed by atoms with E-state index in [1.165, 1.54) is 38.8 Å². The van der Waals surface area contributed by atoms with Gasteiger partial charge < -0.3 is 15.5 Å². The third-order valence-electron chi connectivity index (χ3n) is 5.09. The molecule has 4 nitrogen and oxygen atoms in total. The van der Waals surface area contributed by atoms with Gasteiger partial charge in [-0.3, -0.25) is 4.79 Å². The van der Waals surface area contributed by atoms with Crippen molar-refractivity contribution in [2.24, 2.45) is 0 Å². The average Bonchev–Trinajstić information content (AvgIpc) is 3.13. The highest BCUT2D eigenvalue weighted by Crippen LogP contribution is 2.26. The molecular weight excluding hydrogens is 309 g/mol. The van der Waals surface area contributed by atoms with E-state index in [-0.39, 0.29) is 36.8 Å². The molecule has 0 radical (unpaired) electrons. The van der Waals surface area contributed by atoms with E-state index in [1.54, 1.807) is 0 Å². The Bertz CT molecular complexity index is 310. The third kappa shape index (κ3) is 4.98. The van der Waals surface area contributed by atoms with E-state index in [0.717, 1.165) is 38.3 Å². The summed E-state index contributed by atoms with van der Waals surface area (Å²) >= 11 is 0. The van der Waals surface area contributed by atoms with E-state index in [0.29, 0.717) is 6.04 Å². The minimum absolute atomic E-state index is 0. The summed E-state index contributed by atoms with van der Waals surface area (Å²) in [7, 11) is 0. The maximum Gasteiger partial charge on any atom is 0.237 e. The molecule has 0 bridgehead atoms. The standard InChI is InChI=1S/C15H27N3O.2ClH/c19-15(14-6-3-9-16-14)17-12-7-10-18(11-8-12)13-4-1-2-5-13;;/h12-14,16H,1-11H2,(H,17,19);2*1H. The van der Waals surface area contributed by atoms with Crippen LogP contribution >= 0.6 is 24.8 Å². The first-order valence-corrected chi connectivity index (χ1v) is 8.11. The number of hydrogen-bond donors (Lipinski definition) is 2. The van der Waals surface area contributed by atoms with Gasteiger partial charge in [-0.2, -0.15) is 0 Å². The van der Waals surface area contributed by atoms with Crippen molar-refractivity contribution in [3.05, 3.63) is 0 Å². The molecule has 0 aromatic carbocycles. The molecule has 1 unspecified atom stereocenters. The van der Waals surface area contributed by atoms with Gasteiger partial charge in [-0.25, -0.2) is 0 Å². The number of likely N-dealkylation sites (tertiary alicyclic amines) is 1. The molecule has 1 amide bonds. The van der Waals surface area contributed by atoms with Gasteiger partial charge in [-0.1, -0.05) is 12.8 Å². The fourth-order valence-corrected chi connectivity index (χ4v) is 3.89. The number of hydrogen-bond acceptors (Lipinski definition) is 3. The van der Waals surface area contributed by atoms with Crippen LogP contribution in [0, 0.1) is 0 Å². The van der Waals surface area contributed by atoms with E-state index in [1.807, 2.05) is 0 Å². The lowest BCUT2D eigenvalue weighted by atomic mass is 10.0. The summed E-state index contributed by atoms with van der Waals surface area (Å²) in [6.07, 6.45) is 10.0. The van der Waals surface area contributed by atoms with Crippen LogP contribution < -0.4 is 10.6 Å². The lowest BCUT2D eigenvalue weighted by Crippen LogP contribution is -2.50. The topological polar surface area (TPSA) is 44.4 Å². The number of nitrogens with one attached hydrogen (secondary N) is 2. The number of carbonyl (C=O) groups is 1. The fraction of sp³-hybridized carbons (Fsp3) is 0.933. The van der Waals surface area contributed by atoms with E-state index < -0.39 is 0 Å². The number of nitrogens with zero attached hydrogens (tertiary/aromatic N) is 1. The van der Waals surface area contributed by atoms with Gasteiger partial charge >= 0.3 is 0 Å². The summed E-state index contributed by atoms with van der Waals surface area (Å²) in [4.78, 5) is 14.7. The van der Waals surface area contributed by atoms with Gasteiger partial charge in [0.15, 0.2) is 0 Å². The summed E-state index contributed by atoms with van der Waals surface area (Å²) in [6.45, 7) is 3.35. The van der Waals surface area contributed by atoms with E-state index in [4.69, 9.17) is 0 Å². The Kier molecular flexibility index (Phi) is 8.32. The number of amides is 1. The monoisotopic (exact) mass is 337 g/mol. The molecule has 2 N–H and O–H groups in total. The quantitative estimate of drug-likeness (QED) is 0.828. The SMILES string of the molecule is Cl.Cl.O=C(NC1CCN(C2CCCC2)CC1)C1CCCN1. The van der Waals surface area contributed by atoms with Crippen molar-refractivity contribution in [3.8, 4) is 0 Å². The Hall–Kier alpha value is -0.0300. The summed E-state index contributed by atoms with van der Waals surface area (Å²) in [5.74, 6) is 0.233. The van der Waals surface area contributed by atoms with E-state index >= 15 is 0 Å². The number of rotatable bonds is 3. The van der Waals surface area contributed by atoms with E-state index in [2.05, 4.69) is 15.5 Å². The van der Waals surface area contributed by atoms with E-state index in [9.17, 15) is 4.79 Å². The largest absolute Gasteiger partial charge is 0.352 e. The third-order valence-corrected chi connectivity index (χ3v) is 5.09. The normalized spacial score (nSPS) is 27.9. The Morgan fingerprint density at radius 2 is 1.62 bits per heavy atom. The first kappa shape index (κ1) is 19.0. The second-order valence-corrected chi connectivity index (χ2v) is 6.41. The van der Waals surface area contributed by atoms with Crippen molar-refractivity contribution in [2.45, 2.75) is 69.5 Å². The predicted molar refractivity (Wildman–Crippen MR) is 90.5 cm³/mol. The Morgan fingerprint density at radius 3 is 2.19 bits per heavy atom. The smallest absolute Gasteiger partial charge is 0.237 e. The Balaban J connectivity index is 0.00000110. The van der Waals surface area contributed by atoms with Crippen LogP contribution in [0.25, 0.3) is 0 Å². The Labute approximate surface area is 140 Å². The zero-order valence-corrected chi connectivity index (χ0v) is 14.3. The van der Waals surface area contributed by atoms with Crippen LogP contribution in [-0.2, 0) is 4.79 Å². The minimum Gasteiger partial charge on any atom is -0.352 e. The van der Waals surface area contributed by atoms with Crippen molar-refractivity contribution in [3.63, 3.8) is 0 Å². The summed E-state index contributed by atoms with van der Waals surface area (Å²) < 4.78 is 0. The molecule has 2 aliphatic heterocycles. The summed E-state index contributed by atoms with van der Waals surface area (Å²) in [5.41, 5.74) is 0. The molecule has 124 valence electrons. The molecule has 2 heterocycles. The van der Waals surface area contributed by atoms with Crippen LogP contribution in [0.5, 0.6) is 0 Å². The first-order valence-electron chi connectivity index (χ1n) is 8.11. The van der Waals surface area contributed by atoms with Crippen LogP contribution in [-0.4, -0.2) is 48.6 Å². The second kappa shape index (κ2) is 9.19. The molecule has 3 fully saturated rings. The summed E-state index contributed by atoms with van der Waals surface area (Å²) in [6, 6.07) is 1.33. The summed E-state index contributed by atoms with van der Waals surface area (Å²) in [5, 5.41) is 6.52. The zero-order chi connectivity index (χ0) is 13.1. The molecule has 3 aliphatic rings. The van der Waals surface area contributed by atoms with Crippen LogP contribution in [0.2, 0.25) is 0 Å². The highest BCUT2D eigenvalue weighted by atomic mass is 35.5. The lowest BCUT2D eigenvalue weighted by molar-refractivity contribution is -0.123. The van der Waals surface area contributed by atoms with Crippen LogP contribution in [0.3, 0.4) is 0 Å². The van der Waals surface area contributed by atoms with Crippen molar-refractivity contribution in [1.82, 2.24) is 15.5 Å². The maximum atomic E-state index is 12.1. The number of carbonyl (C=O) groups excluding carboxylic acids is 1. The molecule has 3 rings (SSSR count). The highest BCUT2D eigenvalue weighted by Gasteiger charge is 2.29. The molecule has 21 heavy (non-hydrogen) atoms. The van der Waals surface area contributed by atoms with Crippen molar-refractivity contribution in [1.29, 1.82) is 0 Å². The van der Waals surface area contributed by atoms with Gasteiger partial charge in [0, 0.05) is 25.2 Å². The first-order chi connectivity index (χ1) is 9.33. The zero-order valence-electron chi connectivity index (χ0n) is 12.7. The minimum atomic E-state index is 0. The molecule has 1 aliphatic carbocycles. The maximum absolute atomic E-state index is 12.1. The van der Waals surface area contributed by atoms with Crippen LogP contribution in [0.4, 0.5) is 0 Å². The number of halogens is 2. The molecule has 0 aromatic rings. The average molecular weight is 338 g/mol. The van der Waals surface area contributed by atoms with Crippen molar-refractivity contribution in [2.75, 3.05) is 19.6 Å². The van der Waals surface area contributed by atoms with Gasteiger partial charge in [0.05, 0.1) is 6.04 Å². The molecule has 0 aromatic heterocycles. The molecular formula is C15H29Cl2N3O. The molecule has 1 saturated carbocycles. The van der Waals surface area contributed by atoms with Gasteiger partial charge in [0.1, 0.15) is 0 Å². The van der Waals surface area contributed by atoms with Crippen LogP contribution in [0.1, 0.15) is 51.4 Å². The second-order valence-electron chi connectivity index (χ2n) is 6.41. The van der Waals surface area contributed by atoms with Gasteiger partial charge in [-0.05, 0) is 45.1 Å². The van der Waals surface area contributed by atoms with Crippen molar-refractivity contribution >= 4 is 30.7 Å². The highest BCUT2D eigenvalue weighted by molar-refractivity contribution is 5.85. The molecule has 0 spiro atoms. The van der Waals surface area contributed by atoms with Gasteiger partial charge in [0.2, 0.25) is 5.91 Å². The molecule has 6 heteroatoms. The van der Waals surface area contributed by atoms with Gasteiger partial charge in [-0.15, -0.1) is 24.8 Å². The van der Waals surface area contributed by atoms with Crippen molar-refractivity contribution < 1.29 is 4.79 Å². The Morgan fingerprint density at radius 1 is 0.952 bits per heavy atom. The predicted octanol–water partition coefficient (Wildman–Crippen LogP) is 2.11. The number of piperidine rings is 1. The molecule has 1 atom stereocenters. The lowest BCUT2D eigenvalue weighted by Gasteiger charge is -2.36. The fourth-order valence-electron chi connectivity index (χ4n) is 3.89. The molecule has 2 saturated heterocycles. The van der Waals surface area contributed by atoms with Crippen LogP contribution in [0.15, 0.2) is 0 Å².